The zero-order chi connectivity index (χ0) is 44.4. The van der Waals surface area contributed by atoms with Crippen molar-refractivity contribution in [2.45, 2.75) is 134 Å². The fraction of sp³-hybridized carbons (Fsp3) is 0.480. The minimum absolute atomic E-state index is 0.245. The van der Waals surface area contributed by atoms with Crippen LogP contribution in [0, 0.1) is 0 Å². The van der Waals surface area contributed by atoms with Gasteiger partial charge in [-0.3, -0.25) is 19.2 Å². The van der Waals surface area contributed by atoms with Crippen LogP contribution in [0.3, 0.4) is 0 Å². The molecule has 0 bridgehead atoms. The summed E-state index contributed by atoms with van der Waals surface area (Å²) in [5.41, 5.74) is 8.03. The van der Waals surface area contributed by atoms with Crippen LogP contribution >= 0.6 is 0 Å². The van der Waals surface area contributed by atoms with Crippen LogP contribution in [-0.2, 0) is 24.1 Å². The summed E-state index contributed by atoms with van der Waals surface area (Å²) < 4.78 is 32.0. The van der Waals surface area contributed by atoms with Crippen molar-refractivity contribution in [2.24, 2.45) is 14.1 Å². The van der Waals surface area contributed by atoms with Gasteiger partial charge in [-0.2, -0.15) is 10.2 Å². The predicted octanol–water partition coefficient (Wildman–Crippen LogP) is 10.2. The highest BCUT2D eigenvalue weighted by molar-refractivity contribution is 7.90. The number of aryl methyl sites for hydroxylation is 2. The first-order valence-electron chi connectivity index (χ1n) is 23.1. The van der Waals surface area contributed by atoms with Gasteiger partial charge in [0.15, 0.2) is 5.65 Å². The molecule has 0 amide bonds. The van der Waals surface area contributed by atoms with Crippen LogP contribution in [0.15, 0.2) is 96.9 Å². The Hall–Kier alpha value is -5.11. The van der Waals surface area contributed by atoms with E-state index in [1.165, 1.54) is 64.6 Å². The summed E-state index contributed by atoms with van der Waals surface area (Å²) in [7, 11) is 0.0288. The third-order valence-electron chi connectivity index (χ3n) is 13.8. The number of aromatic nitrogens is 8. The number of hydrogen-bond acceptors (Lipinski definition) is 8. The maximum atomic E-state index is 13.6. The van der Waals surface area contributed by atoms with Gasteiger partial charge in [-0.25, -0.2) is 22.4 Å². The number of pyridine rings is 2. The topological polar surface area (TPSA) is 123 Å². The highest BCUT2D eigenvalue weighted by Gasteiger charge is 2.30. The Bertz CT molecular complexity index is 2710. The minimum atomic E-state index is -3.79. The second-order valence-electron chi connectivity index (χ2n) is 18.3. The number of hydrogen-bond donors (Lipinski definition) is 1. The summed E-state index contributed by atoms with van der Waals surface area (Å²) in [6, 6.07) is 15.6. The summed E-state index contributed by atoms with van der Waals surface area (Å²) >= 11 is 0. The molecule has 63 heavy (non-hydrogen) atoms. The molecule has 1 aromatic carbocycles. The van der Waals surface area contributed by atoms with Gasteiger partial charge in [0.1, 0.15) is 5.65 Å². The lowest BCUT2D eigenvalue weighted by molar-refractivity contribution is 0.122. The normalized spacial score (nSPS) is 19.7. The molecule has 7 aromatic rings. The average Bonchev–Trinajstić information content (AvgIpc) is 4.11. The second-order valence-corrected chi connectivity index (χ2v) is 20.1. The standard InChI is InChI=1S/C28H35N5O2S.C22H31N5/c1-5-32(20(2)3)24-13-11-21(12-14-24)22-15-26-27(23-17-30-31(4)18-23)19-33(28(26)29-16-22)36(34,35)25-9-7-6-8-10-25;1-5-27(15(2)3)19-8-6-16(7-9-19)17-10-20-21(13-24-22(20)23-11-17)18-12-25-26(4)14-18/h6-10,15-21,24H,5,11-14H2,1-4H3;10-16,19H,5-9H2,1-4H3,(H,23,24). The van der Waals surface area contributed by atoms with E-state index in [-0.39, 0.29) is 4.90 Å². The number of nitrogens with zero attached hydrogens (tertiary/aromatic N) is 9. The van der Waals surface area contributed by atoms with E-state index in [4.69, 9.17) is 9.97 Å². The SMILES string of the molecule is CCN(C(C)C)C1CCC(c2cnc3[nH]cc(-c4cnn(C)c4)c3c2)CC1.CCN(C(C)C)C1CCC(c2cnc3c(c2)c(-c2cnn(C)c2)cn3S(=O)(=O)c2ccccc2)CC1. The summed E-state index contributed by atoms with van der Waals surface area (Å²) in [5.74, 6) is 1.06. The first-order chi connectivity index (χ1) is 30.4. The smallest absolute Gasteiger partial charge is 0.269 e. The van der Waals surface area contributed by atoms with E-state index in [1.54, 1.807) is 41.3 Å². The number of benzene rings is 1. The van der Waals surface area contributed by atoms with Crippen LogP contribution in [0.25, 0.3) is 44.3 Å². The summed E-state index contributed by atoms with van der Waals surface area (Å²) in [5, 5.41) is 10.7. The van der Waals surface area contributed by atoms with Crippen molar-refractivity contribution >= 4 is 32.1 Å². The summed E-state index contributed by atoms with van der Waals surface area (Å²) in [6.07, 6.45) is 25.1. The van der Waals surface area contributed by atoms with E-state index in [2.05, 4.69) is 97.2 Å². The molecule has 12 nitrogen and oxygen atoms in total. The molecule has 1 N–H and O–H groups in total. The van der Waals surface area contributed by atoms with Crippen LogP contribution in [0.1, 0.15) is 116 Å². The van der Waals surface area contributed by atoms with Crippen molar-refractivity contribution in [1.29, 1.82) is 0 Å². The molecular weight excluding hydrogens is 805 g/mol. The first kappa shape index (κ1) is 44.5. The Labute approximate surface area is 373 Å². The van der Waals surface area contributed by atoms with Crippen LogP contribution < -0.4 is 0 Å². The summed E-state index contributed by atoms with van der Waals surface area (Å²) in [4.78, 5) is 18.3. The Kier molecular flexibility index (Phi) is 13.4. The lowest BCUT2D eigenvalue weighted by Crippen LogP contribution is -2.42. The van der Waals surface area contributed by atoms with Gasteiger partial charge >= 0.3 is 0 Å². The molecule has 0 saturated heterocycles. The molecule has 6 aromatic heterocycles. The van der Waals surface area contributed by atoms with Gasteiger partial charge in [0, 0.05) is 108 Å². The zero-order valence-corrected chi connectivity index (χ0v) is 39.3. The molecular formula is C50H66N10O2S. The largest absolute Gasteiger partial charge is 0.346 e. The van der Waals surface area contributed by atoms with Crippen molar-refractivity contribution in [3.8, 4) is 22.3 Å². The van der Waals surface area contributed by atoms with Gasteiger partial charge in [-0.15, -0.1) is 0 Å². The molecule has 6 heterocycles. The van der Waals surface area contributed by atoms with Crippen molar-refractivity contribution in [3.63, 3.8) is 0 Å². The van der Waals surface area contributed by atoms with Gasteiger partial charge in [0.2, 0.25) is 0 Å². The maximum absolute atomic E-state index is 13.6. The third kappa shape index (κ3) is 9.28. The molecule has 0 unspecified atom stereocenters. The number of rotatable bonds is 12. The molecule has 2 saturated carbocycles. The van der Waals surface area contributed by atoms with E-state index >= 15 is 0 Å². The van der Waals surface area contributed by atoms with Crippen LogP contribution in [0.2, 0.25) is 0 Å². The first-order valence-corrected chi connectivity index (χ1v) is 24.6. The molecule has 2 aliphatic carbocycles. The predicted molar refractivity (Wildman–Crippen MR) is 254 cm³/mol. The highest BCUT2D eigenvalue weighted by atomic mass is 32.2. The number of fused-ring (bicyclic) bond motifs is 2. The quantitative estimate of drug-likeness (QED) is 0.129. The van der Waals surface area contributed by atoms with Gasteiger partial charge in [-0.05, 0) is 139 Å². The molecule has 0 spiro atoms. The van der Waals surface area contributed by atoms with Gasteiger partial charge < -0.3 is 4.98 Å². The zero-order valence-electron chi connectivity index (χ0n) is 38.4. The van der Waals surface area contributed by atoms with Gasteiger partial charge in [0.05, 0.1) is 17.3 Å². The molecule has 9 rings (SSSR count). The molecule has 334 valence electrons. The van der Waals surface area contributed by atoms with Crippen LogP contribution in [0.5, 0.6) is 0 Å². The van der Waals surface area contributed by atoms with Crippen molar-refractivity contribution < 1.29 is 8.42 Å². The van der Waals surface area contributed by atoms with E-state index in [1.807, 2.05) is 43.4 Å². The Balaban J connectivity index is 0.000000180. The number of H-pyrrole nitrogens is 1. The van der Waals surface area contributed by atoms with Crippen LogP contribution in [-0.4, -0.2) is 94.0 Å². The lowest BCUT2D eigenvalue weighted by Gasteiger charge is -2.38. The molecule has 2 aliphatic rings. The fourth-order valence-corrected chi connectivity index (χ4v) is 12.0. The lowest BCUT2D eigenvalue weighted by atomic mass is 9.81. The maximum Gasteiger partial charge on any atom is 0.269 e. The van der Waals surface area contributed by atoms with Gasteiger partial charge in [-0.1, -0.05) is 32.0 Å². The monoisotopic (exact) mass is 871 g/mol. The van der Waals surface area contributed by atoms with Crippen molar-refractivity contribution in [3.05, 3.63) is 103 Å². The molecule has 0 radical (unpaired) electrons. The summed E-state index contributed by atoms with van der Waals surface area (Å²) in [6.45, 7) is 16.0. The van der Waals surface area contributed by atoms with Crippen molar-refractivity contribution in [2.75, 3.05) is 13.1 Å². The van der Waals surface area contributed by atoms with Crippen molar-refractivity contribution in [1.82, 2.24) is 48.3 Å². The molecule has 0 atom stereocenters. The third-order valence-corrected chi connectivity index (χ3v) is 15.5. The van der Waals surface area contributed by atoms with E-state index in [0.29, 0.717) is 35.6 Å². The fourth-order valence-electron chi connectivity index (χ4n) is 10.6. The Morgan fingerprint density at radius 2 is 1.17 bits per heavy atom. The van der Waals surface area contributed by atoms with E-state index < -0.39 is 10.0 Å². The minimum Gasteiger partial charge on any atom is -0.346 e. The average molecular weight is 871 g/mol. The van der Waals surface area contributed by atoms with E-state index in [0.717, 1.165) is 59.7 Å². The molecule has 13 heteroatoms. The Morgan fingerprint density at radius 3 is 1.67 bits per heavy atom. The van der Waals surface area contributed by atoms with Crippen LogP contribution in [0.4, 0.5) is 0 Å². The molecule has 0 aliphatic heterocycles. The Morgan fingerprint density at radius 1 is 0.667 bits per heavy atom. The second kappa shape index (κ2) is 18.9. The number of nitrogens with one attached hydrogen (secondary N) is 1. The van der Waals surface area contributed by atoms with Gasteiger partial charge in [0.25, 0.3) is 10.0 Å². The van der Waals surface area contributed by atoms with E-state index in [9.17, 15) is 8.42 Å². The highest BCUT2D eigenvalue weighted by Crippen LogP contribution is 2.40. The number of aromatic amines is 1. The molecule has 2 fully saturated rings.